The molecule has 2 atom stereocenters. The van der Waals surface area contributed by atoms with Crippen LogP contribution in [0.1, 0.15) is 213 Å². The van der Waals surface area contributed by atoms with Crippen LogP contribution in [0.3, 0.4) is 0 Å². The van der Waals surface area contributed by atoms with Gasteiger partial charge in [-0.25, -0.2) is 4.79 Å². The summed E-state index contributed by atoms with van der Waals surface area (Å²) in [6.07, 6.45) is 34.0. The number of carbonyl (C=O) groups excluding carboxylic acids is 3. The lowest BCUT2D eigenvalue weighted by molar-refractivity contribution is -0.142. The number of rotatable bonds is 38. The Labute approximate surface area is 307 Å². The molecule has 9 heteroatoms. The molecule has 2 unspecified atom stereocenters. The monoisotopic (exact) mass is 709 g/mol. The maximum atomic E-state index is 13.1. The summed E-state index contributed by atoms with van der Waals surface area (Å²) in [5, 5.41) is 17.8. The Balaban J connectivity index is 4.47. The smallest absolute Gasteiger partial charge is 0.326 e. The zero-order valence-electron chi connectivity index (χ0n) is 32.6. The Morgan fingerprint density at radius 3 is 1.24 bits per heavy atom. The predicted octanol–water partition coefficient (Wildman–Crippen LogP) is 9.25. The first kappa shape index (κ1) is 47.8. The molecule has 0 fully saturated rings. The topological polar surface area (TPSA) is 151 Å². The molecule has 0 aliphatic rings. The molecule has 0 aromatic rings. The van der Waals surface area contributed by atoms with Crippen LogP contribution >= 0.6 is 0 Å². The van der Waals surface area contributed by atoms with Gasteiger partial charge in [0.05, 0.1) is 0 Å². The highest BCUT2D eigenvalue weighted by molar-refractivity contribution is 5.91. The van der Waals surface area contributed by atoms with Crippen LogP contribution in [0, 0.1) is 0 Å². The molecule has 9 nitrogen and oxygen atoms in total. The zero-order chi connectivity index (χ0) is 36.9. The summed E-state index contributed by atoms with van der Waals surface area (Å²) in [6.45, 7) is 4.88. The average Bonchev–Trinajstić information content (AvgIpc) is 3.10. The zero-order valence-corrected chi connectivity index (χ0v) is 32.6. The molecule has 0 aromatic heterocycles. The molecular formula is C41H80N4O5. The molecule has 0 spiro atoms. The predicted molar refractivity (Wildman–Crippen MR) is 208 cm³/mol. The molecular weight excluding hydrogens is 628 g/mol. The Hall–Kier alpha value is -2.16. The van der Waals surface area contributed by atoms with Crippen LogP contribution in [0.5, 0.6) is 0 Å². The van der Waals surface area contributed by atoms with E-state index in [1.807, 2.05) is 0 Å². The van der Waals surface area contributed by atoms with Gasteiger partial charge in [-0.3, -0.25) is 14.4 Å². The molecule has 0 bridgehead atoms. The van der Waals surface area contributed by atoms with Gasteiger partial charge in [-0.05, 0) is 38.6 Å². The summed E-state index contributed by atoms with van der Waals surface area (Å²) in [7, 11) is 0. The maximum Gasteiger partial charge on any atom is 0.326 e. The third-order valence-corrected chi connectivity index (χ3v) is 9.73. The molecule has 0 aliphatic heterocycles. The van der Waals surface area contributed by atoms with E-state index in [1.54, 1.807) is 0 Å². The van der Waals surface area contributed by atoms with Crippen molar-refractivity contribution in [1.29, 1.82) is 0 Å². The number of unbranched alkanes of at least 4 members (excludes halogenated alkanes) is 25. The summed E-state index contributed by atoms with van der Waals surface area (Å²) in [5.74, 6) is -2.13. The second-order valence-electron chi connectivity index (χ2n) is 14.6. The fourth-order valence-electron chi connectivity index (χ4n) is 6.41. The van der Waals surface area contributed by atoms with Crippen LogP contribution in [-0.2, 0) is 19.2 Å². The molecule has 294 valence electrons. The van der Waals surface area contributed by atoms with Crippen molar-refractivity contribution in [3.8, 4) is 0 Å². The van der Waals surface area contributed by atoms with Gasteiger partial charge < -0.3 is 26.8 Å². The highest BCUT2D eigenvalue weighted by atomic mass is 16.4. The SMILES string of the molecule is CCCCCCCCCCCCCCCC(=O)NCC(NC(=O)CCCCCCCCCCCCCCC)C(=O)NC(CCCCN)C(=O)O. The van der Waals surface area contributed by atoms with E-state index in [4.69, 9.17) is 5.73 Å². The Bertz CT molecular complexity index is 825. The van der Waals surface area contributed by atoms with Crippen molar-refractivity contribution in [2.75, 3.05) is 13.1 Å². The number of nitrogens with two attached hydrogens (primary N) is 1. The third kappa shape index (κ3) is 31.8. The fourth-order valence-corrected chi connectivity index (χ4v) is 6.41. The van der Waals surface area contributed by atoms with Gasteiger partial charge in [0.2, 0.25) is 17.7 Å². The van der Waals surface area contributed by atoms with Crippen LogP contribution in [0.15, 0.2) is 0 Å². The molecule has 0 aliphatic carbocycles. The molecule has 0 rings (SSSR count). The molecule has 0 aromatic carbocycles. The van der Waals surface area contributed by atoms with Crippen molar-refractivity contribution in [3.63, 3.8) is 0 Å². The molecule has 0 saturated heterocycles. The van der Waals surface area contributed by atoms with Crippen molar-refractivity contribution in [3.05, 3.63) is 0 Å². The summed E-state index contributed by atoms with van der Waals surface area (Å²) in [5.41, 5.74) is 5.55. The van der Waals surface area contributed by atoms with Crippen molar-refractivity contribution in [1.82, 2.24) is 16.0 Å². The van der Waals surface area contributed by atoms with Gasteiger partial charge in [0.1, 0.15) is 12.1 Å². The summed E-state index contributed by atoms with van der Waals surface area (Å²) in [4.78, 5) is 50.4. The minimum atomic E-state index is -1.13. The Morgan fingerprint density at radius 2 is 0.860 bits per heavy atom. The number of hydrogen-bond acceptors (Lipinski definition) is 5. The average molecular weight is 709 g/mol. The molecule has 0 saturated carbocycles. The first-order chi connectivity index (χ1) is 24.3. The molecule has 0 heterocycles. The van der Waals surface area contributed by atoms with E-state index in [2.05, 4.69) is 29.8 Å². The van der Waals surface area contributed by atoms with Crippen molar-refractivity contribution in [2.24, 2.45) is 5.73 Å². The van der Waals surface area contributed by atoms with E-state index >= 15 is 0 Å². The standard InChI is InChI=1S/C41H80N4O5/c1-3-5-7-9-11-13-15-17-19-21-23-25-27-32-38(46)43-35-37(40(48)45-36(41(49)50)31-29-30-34-42)44-39(47)33-28-26-24-22-20-18-16-14-12-10-8-6-4-2/h36-37H,3-35,42H2,1-2H3,(H,43,46)(H,44,47)(H,45,48)(H,49,50). The van der Waals surface area contributed by atoms with Gasteiger partial charge in [-0.2, -0.15) is 0 Å². The number of carboxylic acid groups (broad SMARTS) is 1. The van der Waals surface area contributed by atoms with Crippen LogP contribution in [0.25, 0.3) is 0 Å². The number of amides is 3. The Kier molecular flexibility index (Phi) is 35.0. The summed E-state index contributed by atoms with van der Waals surface area (Å²) in [6, 6.07) is -2.10. The van der Waals surface area contributed by atoms with Crippen molar-refractivity contribution < 1.29 is 24.3 Å². The van der Waals surface area contributed by atoms with Crippen molar-refractivity contribution >= 4 is 23.7 Å². The van der Waals surface area contributed by atoms with Gasteiger partial charge in [0, 0.05) is 19.4 Å². The second-order valence-corrected chi connectivity index (χ2v) is 14.6. The van der Waals surface area contributed by atoms with E-state index in [1.165, 1.54) is 128 Å². The second kappa shape index (κ2) is 36.6. The van der Waals surface area contributed by atoms with Crippen LogP contribution in [0.4, 0.5) is 0 Å². The minimum absolute atomic E-state index is 0.0669. The highest BCUT2D eigenvalue weighted by Gasteiger charge is 2.26. The number of carboxylic acids is 1. The first-order valence-electron chi connectivity index (χ1n) is 21.1. The lowest BCUT2D eigenvalue weighted by Gasteiger charge is -2.22. The van der Waals surface area contributed by atoms with E-state index in [-0.39, 0.29) is 24.8 Å². The van der Waals surface area contributed by atoms with E-state index < -0.39 is 24.0 Å². The van der Waals surface area contributed by atoms with Gasteiger partial charge in [-0.1, -0.05) is 168 Å². The lowest BCUT2D eigenvalue weighted by Crippen LogP contribution is -2.55. The number of hydrogen-bond donors (Lipinski definition) is 5. The molecule has 50 heavy (non-hydrogen) atoms. The van der Waals surface area contributed by atoms with E-state index in [0.717, 1.165) is 38.5 Å². The third-order valence-electron chi connectivity index (χ3n) is 9.73. The molecule has 6 N–H and O–H groups in total. The minimum Gasteiger partial charge on any atom is -0.480 e. The van der Waals surface area contributed by atoms with E-state index in [9.17, 15) is 24.3 Å². The quantitative estimate of drug-likeness (QED) is 0.0404. The molecule has 0 radical (unpaired) electrons. The number of aliphatic carboxylic acids is 1. The normalized spacial score (nSPS) is 12.4. The maximum absolute atomic E-state index is 13.1. The number of nitrogens with one attached hydrogen (secondary N) is 3. The van der Waals surface area contributed by atoms with Gasteiger partial charge in [0.25, 0.3) is 0 Å². The Morgan fingerprint density at radius 1 is 0.480 bits per heavy atom. The van der Waals surface area contributed by atoms with E-state index in [0.29, 0.717) is 32.2 Å². The van der Waals surface area contributed by atoms with Crippen LogP contribution in [-0.4, -0.2) is 54.0 Å². The van der Waals surface area contributed by atoms with Gasteiger partial charge >= 0.3 is 5.97 Å². The van der Waals surface area contributed by atoms with Gasteiger partial charge in [0.15, 0.2) is 0 Å². The summed E-state index contributed by atoms with van der Waals surface area (Å²) < 4.78 is 0. The fraction of sp³-hybridized carbons (Fsp3) is 0.902. The first-order valence-corrected chi connectivity index (χ1v) is 21.1. The van der Waals surface area contributed by atoms with Crippen LogP contribution < -0.4 is 21.7 Å². The largest absolute Gasteiger partial charge is 0.480 e. The highest BCUT2D eigenvalue weighted by Crippen LogP contribution is 2.14. The lowest BCUT2D eigenvalue weighted by atomic mass is 10.0. The number of carbonyl (C=O) groups is 4. The van der Waals surface area contributed by atoms with Crippen molar-refractivity contribution in [2.45, 2.75) is 225 Å². The summed E-state index contributed by atoms with van der Waals surface area (Å²) >= 11 is 0. The molecule has 3 amide bonds. The van der Waals surface area contributed by atoms with Crippen LogP contribution in [0.2, 0.25) is 0 Å². The van der Waals surface area contributed by atoms with Gasteiger partial charge in [-0.15, -0.1) is 0 Å².